The van der Waals surface area contributed by atoms with E-state index in [2.05, 4.69) is 42.5 Å². The molecule has 78 heavy (non-hydrogen) atoms. The first-order valence-electron chi connectivity index (χ1n) is 26.0. The molecule has 0 radical (unpaired) electrons. The summed E-state index contributed by atoms with van der Waals surface area (Å²) in [4.78, 5) is 168. The minimum Gasteiger partial charge on any atom is -0.481 e. The van der Waals surface area contributed by atoms with Crippen molar-refractivity contribution >= 4 is 77.1 Å². The number of carbonyl (C=O) groups is 13. The zero-order valence-electron chi connectivity index (χ0n) is 44.8. The summed E-state index contributed by atoms with van der Waals surface area (Å²) < 4.78 is 0. The summed E-state index contributed by atoms with van der Waals surface area (Å²) in [5.74, 6) is -16.4. The second-order valence-corrected chi connectivity index (χ2v) is 19.4. The Balaban J connectivity index is 6.77. The van der Waals surface area contributed by atoms with E-state index in [1.54, 1.807) is 0 Å². The molecule has 8 amide bonds. The molecule has 0 aromatic carbocycles. The quantitative estimate of drug-likeness (QED) is 0.0263. The predicted molar refractivity (Wildman–Crippen MR) is 277 cm³/mol. The van der Waals surface area contributed by atoms with Gasteiger partial charge in [0.05, 0.1) is 6.04 Å². The number of hydrogen-bond donors (Lipinski definition) is 17. The third-order valence-corrected chi connectivity index (χ3v) is 12.1. The maximum absolute atomic E-state index is 14.1. The minimum atomic E-state index is -1.73. The smallest absolute Gasteiger partial charge is 0.326 e. The van der Waals surface area contributed by atoms with Gasteiger partial charge in [-0.05, 0) is 109 Å². The number of nitrogens with two attached hydrogens (primary N) is 4. The van der Waals surface area contributed by atoms with Crippen LogP contribution < -0.4 is 65.5 Å². The van der Waals surface area contributed by atoms with Gasteiger partial charge in [-0.1, -0.05) is 34.1 Å². The van der Waals surface area contributed by atoms with E-state index in [-0.39, 0.29) is 51.6 Å². The number of hydrogen-bond acceptors (Lipinski definition) is 17. The van der Waals surface area contributed by atoms with E-state index in [9.17, 15) is 82.8 Å². The Bertz CT molecular complexity index is 2030. The highest BCUT2D eigenvalue weighted by atomic mass is 16.4. The number of amides is 8. The van der Waals surface area contributed by atoms with Crippen LogP contribution in [0, 0.1) is 11.8 Å². The topological polar surface area (TPSA) is 523 Å². The van der Waals surface area contributed by atoms with E-state index >= 15 is 0 Å². The average molecular weight is 1120 g/mol. The third kappa shape index (κ3) is 29.5. The van der Waals surface area contributed by atoms with Crippen LogP contribution in [0.4, 0.5) is 0 Å². The van der Waals surface area contributed by atoms with Crippen molar-refractivity contribution in [3.8, 4) is 0 Å². The zero-order chi connectivity index (χ0) is 59.7. The summed E-state index contributed by atoms with van der Waals surface area (Å²) in [5.41, 5.74) is 22.9. The van der Waals surface area contributed by atoms with Crippen LogP contribution >= 0.6 is 0 Å². The third-order valence-electron chi connectivity index (χ3n) is 12.1. The number of unbranched alkanes of at least 4 members (excludes halogenated alkanes) is 3. The molecule has 0 spiro atoms. The zero-order valence-corrected chi connectivity index (χ0v) is 44.8. The van der Waals surface area contributed by atoms with Crippen LogP contribution in [-0.2, 0) is 62.3 Å². The maximum atomic E-state index is 14.1. The number of carbonyl (C=O) groups excluding carboxylic acids is 8. The highest BCUT2D eigenvalue weighted by molar-refractivity contribution is 5.98. The van der Waals surface area contributed by atoms with Crippen molar-refractivity contribution in [1.82, 2.24) is 42.5 Å². The first-order valence-corrected chi connectivity index (χ1v) is 26.0. The standard InChI is InChI=1S/C48H84N12O18/c1-25(2)38(46(75)57-31(15-19-35(63)64)44(73)58-33(48(77)78)17-21-37(67)68)60-47(76)39(26(3)4)59-45(74)32(16-20-36(65)66)56-42(71)29(13-7-10-24-51)54-41(70)28(12-6-9-23-50)55-43(72)30(14-18-34(61)62)53-40(69)27(52)11-5-8-22-49/h25-33,38-39H,5-24,49-52H2,1-4H3,(H,53,69)(H,54,70)(H,55,72)(H,56,71)(H,57,75)(H,58,73)(H,59,74)(H,60,76)(H,61,62)(H,63,64)(H,65,66)(H,67,68)(H,77,78). The Morgan fingerprint density at radius 1 is 0.321 bits per heavy atom. The fraction of sp³-hybridized carbons (Fsp3) is 0.729. The van der Waals surface area contributed by atoms with Gasteiger partial charge in [0.1, 0.15) is 48.3 Å². The Hall–Kier alpha value is -7.05. The van der Waals surface area contributed by atoms with E-state index in [1.165, 1.54) is 27.7 Å². The van der Waals surface area contributed by atoms with Crippen molar-refractivity contribution in [2.45, 2.75) is 191 Å². The molecule has 0 fully saturated rings. The summed E-state index contributed by atoms with van der Waals surface area (Å²) in [7, 11) is 0. The average Bonchev–Trinajstić information content (AvgIpc) is 3.35. The maximum Gasteiger partial charge on any atom is 0.326 e. The lowest BCUT2D eigenvalue weighted by molar-refractivity contribution is -0.144. The molecule has 0 aromatic rings. The first kappa shape index (κ1) is 71.0. The van der Waals surface area contributed by atoms with E-state index in [0.29, 0.717) is 32.2 Å². The molecule has 30 heteroatoms. The summed E-state index contributed by atoms with van der Waals surface area (Å²) in [6, 6.07) is -13.5. The van der Waals surface area contributed by atoms with Crippen molar-refractivity contribution in [1.29, 1.82) is 0 Å². The molecule has 0 aliphatic carbocycles. The summed E-state index contributed by atoms with van der Waals surface area (Å²) in [6.07, 6.45) is -2.21. The van der Waals surface area contributed by atoms with Gasteiger partial charge in [0.2, 0.25) is 47.3 Å². The molecule has 0 aromatic heterocycles. The second-order valence-electron chi connectivity index (χ2n) is 19.4. The van der Waals surface area contributed by atoms with Gasteiger partial charge in [0.25, 0.3) is 0 Å². The van der Waals surface area contributed by atoms with Gasteiger partial charge in [0, 0.05) is 25.7 Å². The van der Waals surface area contributed by atoms with Crippen LogP contribution in [0.3, 0.4) is 0 Å². The molecule has 9 atom stereocenters. The fourth-order valence-corrected chi connectivity index (χ4v) is 7.49. The summed E-state index contributed by atoms with van der Waals surface area (Å²) in [5, 5.41) is 66.2. The van der Waals surface area contributed by atoms with Crippen LogP contribution in [0.1, 0.15) is 137 Å². The van der Waals surface area contributed by atoms with Crippen LogP contribution in [0.2, 0.25) is 0 Å². The Morgan fingerprint density at radius 3 is 0.872 bits per heavy atom. The molecule has 0 heterocycles. The SMILES string of the molecule is CC(C)C(NC(=O)C(CCC(=O)O)NC(=O)C(CCCCN)NC(=O)C(CCCCN)NC(=O)C(CCC(=O)O)NC(=O)C(N)CCCCN)C(=O)NC(C(=O)NC(CCC(=O)O)C(=O)NC(CCC(=O)O)C(=O)O)C(C)C. The molecule has 444 valence electrons. The van der Waals surface area contributed by atoms with E-state index in [4.69, 9.17) is 28.0 Å². The highest BCUT2D eigenvalue weighted by Crippen LogP contribution is 2.13. The largest absolute Gasteiger partial charge is 0.481 e. The Labute approximate surface area is 452 Å². The molecule has 0 saturated carbocycles. The number of nitrogens with one attached hydrogen (secondary N) is 8. The monoisotopic (exact) mass is 1120 g/mol. The van der Waals surface area contributed by atoms with Crippen LogP contribution in [0.25, 0.3) is 0 Å². The van der Waals surface area contributed by atoms with Crippen molar-refractivity contribution < 1.29 is 87.9 Å². The number of rotatable bonds is 43. The van der Waals surface area contributed by atoms with Crippen molar-refractivity contribution in [2.75, 3.05) is 19.6 Å². The molecule has 0 saturated heterocycles. The molecule has 21 N–H and O–H groups in total. The number of aliphatic carboxylic acids is 5. The Morgan fingerprint density at radius 2 is 0.564 bits per heavy atom. The van der Waals surface area contributed by atoms with Gasteiger partial charge >= 0.3 is 29.8 Å². The van der Waals surface area contributed by atoms with Crippen molar-refractivity contribution in [3.05, 3.63) is 0 Å². The fourth-order valence-electron chi connectivity index (χ4n) is 7.49. The Kier molecular flexibility index (Phi) is 35.0. The second kappa shape index (κ2) is 38.5. The molecule has 0 rings (SSSR count). The molecule has 9 unspecified atom stereocenters. The van der Waals surface area contributed by atoms with E-state index in [0.717, 1.165) is 0 Å². The van der Waals surface area contributed by atoms with E-state index < -0.39 is 188 Å². The molecule has 0 aliphatic rings. The van der Waals surface area contributed by atoms with Gasteiger partial charge < -0.3 is 91.0 Å². The van der Waals surface area contributed by atoms with Gasteiger partial charge in [0.15, 0.2) is 0 Å². The molecular weight excluding hydrogens is 1030 g/mol. The lowest BCUT2D eigenvalue weighted by Gasteiger charge is -2.30. The van der Waals surface area contributed by atoms with E-state index in [1.807, 2.05) is 0 Å². The van der Waals surface area contributed by atoms with Crippen molar-refractivity contribution in [2.24, 2.45) is 34.8 Å². The molecular formula is C48H84N12O18. The van der Waals surface area contributed by atoms with Crippen LogP contribution in [-0.4, -0.2) is 177 Å². The van der Waals surface area contributed by atoms with Gasteiger partial charge in [-0.3, -0.25) is 57.5 Å². The minimum absolute atomic E-state index is 0.0459. The number of carboxylic acid groups (broad SMARTS) is 5. The number of carboxylic acids is 5. The molecule has 30 nitrogen and oxygen atoms in total. The summed E-state index contributed by atoms with van der Waals surface area (Å²) >= 11 is 0. The van der Waals surface area contributed by atoms with Gasteiger partial charge in [-0.15, -0.1) is 0 Å². The lowest BCUT2D eigenvalue weighted by atomic mass is 9.98. The van der Waals surface area contributed by atoms with Crippen molar-refractivity contribution in [3.63, 3.8) is 0 Å². The predicted octanol–water partition coefficient (Wildman–Crippen LogP) is -3.57. The van der Waals surface area contributed by atoms with Crippen LogP contribution in [0.15, 0.2) is 0 Å². The highest BCUT2D eigenvalue weighted by Gasteiger charge is 2.37. The summed E-state index contributed by atoms with van der Waals surface area (Å²) in [6.45, 7) is 6.72. The van der Waals surface area contributed by atoms with Gasteiger partial charge in [-0.25, -0.2) is 4.79 Å². The lowest BCUT2D eigenvalue weighted by Crippen LogP contribution is -2.61. The molecule has 0 aliphatic heterocycles. The normalized spacial score (nSPS) is 14.6. The van der Waals surface area contributed by atoms with Crippen LogP contribution in [0.5, 0.6) is 0 Å². The molecule has 0 bridgehead atoms. The van der Waals surface area contributed by atoms with Gasteiger partial charge in [-0.2, -0.15) is 0 Å². The first-order chi connectivity index (χ1) is 36.6.